The largest absolute Gasteiger partial charge is 0.479 e. The van der Waals surface area contributed by atoms with Crippen LogP contribution in [0.1, 0.15) is 40.7 Å². The molecule has 4 aromatic rings. The molecule has 1 aliphatic rings. The zero-order valence-corrected chi connectivity index (χ0v) is 27.8. The summed E-state index contributed by atoms with van der Waals surface area (Å²) in [6.45, 7) is 3.60. The van der Waals surface area contributed by atoms with Crippen LogP contribution in [-0.4, -0.2) is 89.7 Å². The number of hydrogen-bond acceptors (Lipinski definition) is 8. The Bertz CT molecular complexity index is 1870. The van der Waals surface area contributed by atoms with Crippen molar-refractivity contribution in [3.8, 4) is 11.1 Å². The molecular weight excluding hydrogens is 650 g/mol. The molecule has 4 N–H and O–H groups in total. The van der Waals surface area contributed by atoms with Gasteiger partial charge in [0.2, 0.25) is 0 Å². The molecule has 2 atom stereocenters. The Morgan fingerprint density at radius 2 is 1.61 bits per heavy atom. The van der Waals surface area contributed by atoms with Crippen LogP contribution in [0.25, 0.3) is 11.1 Å². The van der Waals surface area contributed by atoms with E-state index in [4.69, 9.17) is 4.74 Å². The van der Waals surface area contributed by atoms with Crippen molar-refractivity contribution in [3.05, 3.63) is 107 Å². The fourth-order valence-corrected chi connectivity index (χ4v) is 6.79. The van der Waals surface area contributed by atoms with Gasteiger partial charge in [-0.1, -0.05) is 86.1 Å². The Hall–Kier alpha value is -5.05. The van der Waals surface area contributed by atoms with Crippen LogP contribution in [0.15, 0.2) is 89.8 Å². The summed E-state index contributed by atoms with van der Waals surface area (Å²) in [6.07, 6.45) is -0.293. The number of carboxylic acids is 1. The SMILES string of the molecule is CCCc1cc(C(=O)NC(Cc2ccccc2)C(O)C(=O)O)nn1Cc1ccc(-c2ccccc2S(=O)(=O)NC(=O)N2CCOCC2)cc1. The van der Waals surface area contributed by atoms with Gasteiger partial charge in [-0.25, -0.2) is 22.7 Å². The van der Waals surface area contributed by atoms with Crippen molar-refractivity contribution in [2.45, 2.75) is 49.8 Å². The lowest BCUT2D eigenvalue weighted by molar-refractivity contribution is -0.148. The van der Waals surface area contributed by atoms with E-state index in [1.165, 1.54) is 11.0 Å². The summed E-state index contributed by atoms with van der Waals surface area (Å²) in [5.74, 6) is -2.05. The number of carboxylic acid groups (broad SMARTS) is 1. The quantitative estimate of drug-likeness (QED) is 0.164. The lowest BCUT2D eigenvalue weighted by atomic mass is 10.0. The van der Waals surface area contributed by atoms with Gasteiger partial charge in [0.15, 0.2) is 6.10 Å². The van der Waals surface area contributed by atoms with E-state index in [-0.39, 0.29) is 17.0 Å². The molecule has 258 valence electrons. The van der Waals surface area contributed by atoms with E-state index in [0.29, 0.717) is 50.4 Å². The standard InChI is InChI=1S/C35H39N5O8S/c1-2-8-27-22-30(33(42)36-29(32(41)34(43)44)21-24-9-4-3-5-10-24)37-40(27)23-25-13-15-26(16-14-25)28-11-6-7-12-31(28)49(46,47)38-35(45)39-17-19-48-20-18-39/h3-7,9-16,22,29,32,41H,2,8,17-21,23H2,1H3,(H,36,42)(H,38,45)(H,43,44). The van der Waals surface area contributed by atoms with Crippen LogP contribution < -0.4 is 10.0 Å². The summed E-state index contributed by atoms with van der Waals surface area (Å²) >= 11 is 0. The number of ether oxygens (including phenoxy) is 1. The Labute approximate surface area is 284 Å². The number of nitrogens with one attached hydrogen (secondary N) is 2. The van der Waals surface area contributed by atoms with Gasteiger partial charge in [-0.2, -0.15) is 5.10 Å². The number of rotatable bonds is 13. The van der Waals surface area contributed by atoms with Crippen molar-refractivity contribution < 1.29 is 37.8 Å². The number of aliphatic carboxylic acids is 1. The summed E-state index contributed by atoms with van der Waals surface area (Å²) in [4.78, 5) is 38.9. The predicted molar refractivity (Wildman–Crippen MR) is 180 cm³/mol. The first-order valence-electron chi connectivity index (χ1n) is 16.0. The van der Waals surface area contributed by atoms with Crippen molar-refractivity contribution in [2.75, 3.05) is 26.3 Å². The van der Waals surface area contributed by atoms with Gasteiger partial charge < -0.3 is 25.2 Å². The molecule has 1 aromatic heterocycles. The minimum absolute atomic E-state index is 0.0316. The Kier molecular flexibility index (Phi) is 11.4. The molecule has 2 heterocycles. The fourth-order valence-electron chi connectivity index (χ4n) is 5.59. The van der Waals surface area contributed by atoms with Crippen molar-refractivity contribution in [3.63, 3.8) is 0 Å². The number of hydrogen-bond donors (Lipinski definition) is 4. The number of sulfonamides is 1. The number of aromatic nitrogens is 2. The molecule has 2 unspecified atom stereocenters. The maximum Gasteiger partial charge on any atom is 0.334 e. The van der Waals surface area contributed by atoms with Gasteiger partial charge in [0.25, 0.3) is 15.9 Å². The molecule has 1 fully saturated rings. The zero-order valence-electron chi connectivity index (χ0n) is 27.0. The molecule has 0 spiro atoms. The second-order valence-corrected chi connectivity index (χ2v) is 13.3. The van der Waals surface area contributed by atoms with Gasteiger partial charge in [0.1, 0.15) is 5.69 Å². The minimum atomic E-state index is -4.18. The van der Waals surface area contributed by atoms with Crippen molar-refractivity contribution in [2.24, 2.45) is 0 Å². The Balaban J connectivity index is 1.32. The fraction of sp³-hybridized carbons (Fsp3) is 0.314. The topological polar surface area (TPSA) is 180 Å². The van der Waals surface area contributed by atoms with E-state index < -0.39 is 40.1 Å². The maximum atomic E-state index is 13.3. The molecule has 1 aliphatic heterocycles. The molecule has 1 saturated heterocycles. The van der Waals surface area contributed by atoms with Crippen LogP contribution in [0, 0.1) is 0 Å². The second kappa shape index (κ2) is 15.9. The lowest BCUT2D eigenvalue weighted by Gasteiger charge is -2.26. The van der Waals surface area contributed by atoms with E-state index >= 15 is 0 Å². The van der Waals surface area contributed by atoms with Crippen LogP contribution in [0.4, 0.5) is 4.79 Å². The molecule has 0 radical (unpaired) electrons. The first-order valence-corrected chi connectivity index (χ1v) is 17.4. The summed E-state index contributed by atoms with van der Waals surface area (Å²) in [5, 5.41) is 27.0. The third kappa shape index (κ3) is 8.90. The van der Waals surface area contributed by atoms with E-state index in [9.17, 15) is 33.0 Å². The minimum Gasteiger partial charge on any atom is -0.479 e. The average molecular weight is 690 g/mol. The highest BCUT2D eigenvalue weighted by atomic mass is 32.2. The Morgan fingerprint density at radius 3 is 2.29 bits per heavy atom. The summed E-state index contributed by atoms with van der Waals surface area (Å²) in [7, 11) is -4.18. The molecule has 3 amide bonds. The second-order valence-electron chi connectivity index (χ2n) is 11.7. The van der Waals surface area contributed by atoms with Gasteiger partial charge in [0.05, 0.1) is 30.7 Å². The number of benzene rings is 3. The highest BCUT2D eigenvalue weighted by molar-refractivity contribution is 7.90. The number of morpholine rings is 1. The van der Waals surface area contributed by atoms with Gasteiger partial charge in [0, 0.05) is 24.3 Å². The number of nitrogens with zero attached hydrogens (tertiary/aromatic N) is 3. The number of amides is 3. The van der Waals surface area contributed by atoms with E-state index in [0.717, 1.165) is 23.2 Å². The molecule has 3 aromatic carbocycles. The van der Waals surface area contributed by atoms with Crippen molar-refractivity contribution >= 4 is 27.9 Å². The monoisotopic (exact) mass is 689 g/mol. The number of aryl methyl sites for hydroxylation is 1. The molecule has 0 saturated carbocycles. The molecule has 13 nitrogen and oxygen atoms in total. The van der Waals surface area contributed by atoms with Crippen LogP contribution in [-0.2, 0) is 38.9 Å². The van der Waals surface area contributed by atoms with Crippen LogP contribution in [0.2, 0.25) is 0 Å². The molecule has 0 bridgehead atoms. The molecule has 14 heteroatoms. The predicted octanol–water partition coefficient (Wildman–Crippen LogP) is 3.07. The number of carbonyl (C=O) groups is 3. The van der Waals surface area contributed by atoms with Gasteiger partial charge in [-0.05, 0) is 41.7 Å². The first-order chi connectivity index (χ1) is 23.6. The van der Waals surface area contributed by atoms with Gasteiger partial charge in [-0.15, -0.1) is 0 Å². The zero-order chi connectivity index (χ0) is 35.0. The molecule has 49 heavy (non-hydrogen) atoms. The molecular formula is C35H39N5O8S. The van der Waals surface area contributed by atoms with Crippen LogP contribution in [0.3, 0.4) is 0 Å². The Morgan fingerprint density at radius 1 is 0.939 bits per heavy atom. The lowest BCUT2D eigenvalue weighted by Crippen LogP contribution is -2.48. The average Bonchev–Trinajstić information content (AvgIpc) is 3.50. The number of aliphatic hydroxyl groups excluding tert-OH is 1. The maximum absolute atomic E-state index is 13.3. The highest BCUT2D eigenvalue weighted by Gasteiger charge is 2.29. The number of aliphatic hydroxyl groups is 1. The summed E-state index contributed by atoms with van der Waals surface area (Å²) in [5.41, 5.74) is 3.53. The smallest absolute Gasteiger partial charge is 0.334 e. The summed E-state index contributed by atoms with van der Waals surface area (Å²) < 4.78 is 35.7. The van der Waals surface area contributed by atoms with Gasteiger partial charge in [-0.3, -0.25) is 9.48 Å². The highest BCUT2D eigenvalue weighted by Crippen LogP contribution is 2.28. The molecule has 5 rings (SSSR count). The summed E-state index contributed by atoms with van der Waals surface area (Å²) in [6, 6.07) is 22.5. The van der Waals surface area contributed by atoms with Gasteiger partial charge >= 0.3 is 12.0 Å². The number of urea groups is 1. The van der Waals surface area contributed by atoms with Crippen molar-refractivity contribution in [1.82, 2.24) is 24.7 Å². The number of carbonyl (C=O) groups excluding carboxylic acids is 2. The normalized spacial score (nSPS) is 14.5. The first kappa shape index (κ1) is 35.3. The molecule has 0 aliphatic carbocycles. The van der Waals surface area contributed by atoms with Crippen LogP contribution >= 0.6 is 0 Å². The third-order valence-electron chi connectivity index (χ3n) is 8.14. The van der Waals surface area contributed by atoms with Crippen LogP contribution in [0.5, 0.6) is 0 Å². The third-order valence-corrected chi connectivity index (χ3v) is 9.52. The van der Waals surface area contributed by atoms with E-state index in [2.05, 4.69) is 15.1 Å². The van der Waals surface area contributed by atoms with E-state index in [1.54, 1.807) is 65.3 Å². The van der Waals surface area contributed by atoms with E-state index in [1.807, 2.05) is 25.1 Å². The van der Waals surface area contributed by atoms with Crippen molar-refractivity contribution in [1.29, 1.82) is 0 Å².